The number of para-hydroxylation sites is 2. The molecule has 0 bridgehead atoms. The maximum atomic E-state index is 12.6. The van der Waals surface area contributed by atoms with Crippen LogP contribution in [0, 0.1) is 0 Å². The van der Waals surface area contributed by atoms with Crippen LogP contribution in [0.3, 0.4) is 0 Å². The van der Waals surface area contributed by atoms with E-state index in [1.807, 2.05) is 18.2 Å². The average molecular weight is 362 g/mol. The predicted molar refractivity (Wildman–Crippen MR) is 101 cm³/mol. The zero-order valence-corrected chi connectivity index (χ0v) is 14.6. The lowest BCUT2D eigenvalue weighted by Gasteiger charge is -2.27. The smallest absolute Gasteiger partial charge is 0.275 e. The third-order valence-electron chi connectivity index (χ3n) is 4.35. The molecule has 1 saturated heterocycles. The highest BCUT2D eigenvalue weighted by Gasteiger charge is 2.19. The Morgan fingerprint density at radius 2 is 1.78 bits per heavy atom. The Kier molecular flexibility index (Phi) is 4.76. The minimum Gasteiger partial charge on any atom is -0.378 e. The summed E-state index contributed by atoms with van der Waals surface area (Å²) in [6.45, 7) is 2.23. The first-order valence-corrected chi connectivity index (χ1v) is 8.71. The standard InChI is InChI=1S/C20H18N4O3/c25-19(18-13-21-16-6-1-2-7-17(16)23-18)22-15-5-3-4-14(12-15)20(26)24-8-10-27-11-9-24/h1-7,12-13H,8-11H2,(H,22,25). The maximum absolute atomic E-state index is 12.6. The second-order valence-electron chi connectivity index (χ2n) is 6.18. The topological polar surface area (TPSA) is 84.4 Å². The minimum atomic E-state index is -0.371. The van der Waals surface area contributed by atoms with E-state index in [0.29, 0.717) is 43.1 Å². The normalized spacial score (nSPS) is 14.1. The van der Waals surface area contributed by atoms with Crippen molar-refractivity contribution >= 4 is 28.5 Å². The Morgan fingerprint density at radius 1 is 1.00 bits per heavy atom. The summed E-state index contributed by atoms with van der Waals surface area (Å²) >= 11 is 0. The van der Waals surface area contributed by atoms with E-state index in [9.17, 15) is 9.59 Å². The number of benzene rings is 2. The molecular weight excluding hydrogens is 344 g/mol. The molecule has 0 spiro atoms. The van der Waals surface area contributed by atoms with Crippen LogP contribution in [-0.4, -0.2) is 53.0 Å². The number of anilines is 1. The Bertz CT molecular complexity index is 999. The first kappa shape index (κ1) is 17.1. The van der Waals surface area contributed by atoms with Crippen LogP contribution in [0.4, 0.5) is 5.69 Å². The van der Waals surface area contributed by atoms with Gasteiger partial charge >= 0.3 is 0 Å². The third kappa shape index (κ3) is 3.78. The number of nitrogens with zero attached hydrogens (tertiary/aromatic N) is 3. The molecule has 1 aromatic heterocycles. The molecule has 4 rings (SSSR count). The zero-order chi connectivity index (χ0) is 18.6. The number of fused-ring (bicyclic) bond motifs is 1. The van der Waals surface area contributed by atoms with Gasteiger partial charge in [-0.2, -0.15) is 0 Å². The van der Waals surface area contributed by atoms with Crippen LogP contribution >= 0.6 is 0 Å². The molecule has 1 aliphatic rings. The molecule has 0 aliphatic carbocycles. The van der Waals surface area contributed by atoms with Crippen molar-refractivity contribution < 1.29 is 14.3 Å². The number of ether oxygens (including phenoxy) is 1. The van der Waals surface area contributed by atoms with Gasteiger partial charge in [0.2, 0.25) is 0 Å². The number of carbonyl (C=O) groups excluding carboxylic acids is 2. The van der Waals surface area contributed by atoms with Crippen LogP contribution in [0.1, 0.15) is 20.8 Å². The quantitative estimate of drug-likeness (QED) is 0.773. The van der Waals surface area contributed by atoms with Gasteiger partial charge in [-0.25, -0.2) is 4.98 Å². The molecule has 2 amide bonds. The SMILES string of the molecule is O=C(Nc1cccc(C(=O)N2CCOCC2)c1)c1cnc2ccccc2n1. The van der Waals surface area contributed by atoms with Gasteiger partial charge in [-0.15, -0.1) is 0 Å². The van der Waals surface area contributed by atoms with Crippen LogP contribution in [0.25, 0.3) is 11.0 Å². The molecule has 1 N–H and O–H groups in total. The summed E-state index contributed by atoms with van der Waals surface area (Å²) < 4.78 is 5.28. The van der Waals surface area contributed by atoms with Gasteiger partial charge in [0.15, 0.2) is 0 Å². The number of hydrogen-bond donors (Lipinski definition) is 1. The zero-order valence-electron chi connectivity index (χ0n) is 14.6. The fraction of sp³-hybridized carbons (Fsp3) is 0.200. The minimum absolute atomic E-state index is 0.0695. The Balaban J connectivity index is 1.51. The molecule has 0 saturated carbocycles. The summed E-state index contributed by atoms with van der Waals surface area (Å²) in [6.07, 6.45) is 1.44. The van der Waals surface area contributed by atoms with Crippen molar-refractivity contribution in [2.45, 2.75) is 0 Å². The van der Waals surface area contributed by atoms with Gasteiger partial charge < -0.3 is 15.0 Å². The lowest BCUT2D eigenvalue weighted by Crippen LogP contribution is -2.40. The van der Waals surface area contributed by atoms with Crippen molar-refractivity contribution in [1.29, 1.82) is 0 Å². The van der Waals surface area contributed by atoms with Crippen LogP contribution in [0.2, 0.25) is 0 Å². The molecule has 0 atom stereocenters. The van der Waals surface area contributed by atoms with Gasteiger partial charge in [-0.3, -0.25) is 14.6 Å². The van der Waals surface area contributed by atoms with Crippen LogP contribution in [0.5, 0.6) is 0 Å². The molecule has 1 fully saturated rings. The summed E-state index contributed by atoms with van der Waals surface area (Å²) in [6, 6.07) is 14.3. The fourth-order valence-corrected chi connectivity index (χ4v) is 2.94. The van der Waals surface area contributed by atoms with Crippen LogP contribution < -0.4 is 5.32 Å². The Labute approximate surface area is 156 Å². The molecule has 1 aliphatic heterocycles. The van der Waals surface area contributed by atoms with Crippen molar-refractivity contribution in [1.82, 2.24) is 14.9 Å². The third-order valence-corrected chi connectivity index (χ3v) is 4.35. The van der Waals surface area contributed by atoms with Crippen LogP contribution in [-0.2, 0) is 4.74 Å². The molecule has 2 aromatic carbocycles. The van der Waals surface area contributed by atoms with Gasteiger partial charge in [0.25, 0.3) is 11.8 Å². The van der Waals surface area contributed by atoms with Crippen molar-refractivity contribution in [3.05, 3.63) is 66.0 Å². The molecule has 27 heavy (non-hydrogen) atoms. The van der Waals surface area contributed by atoms with E-state index in [0.717, 1.165) is 5.52 Å². The predicted octanol–water partition coefficient (Wildman–Crippen LogP) is 2.35. The highest BCUT2D eigenvalue weighted by Crippen LogP contribution is 2.15. The Morgan fingerprint density at radius 3 is 2.59 bits per heavy atom. The summed E-state index contributed by atoms with van der Waals surface area (Å²) in [5, 5.41) is 2.78. The van der Waals surface area contributed by atoms with Gasteiger partial charge in [-0.1, -0.05) is 18.2 Å². The molecular formula is C20H18N4O3. The molecule has 3 aromatic rings. The monoisotopic (exact) mass is 362 g/mol. The number of carbonyl (C=O) groups is 2. The van der Waals surface area contributed by atoms with Gasteiger partial charge in [0, 0.05) is 24.3 Å². The van der Waals surface area contributed by atoms with E-state index in [-0.39, 0.29) is 17.5 Å². The first-order chi connectivity index (χ1) is 13.2. The van der Waals surface area contributed by atoms with Crippen molar-refractivity contribution in [2.75, 3.05) is 31.6 Å². The van der Waals surface area contributed by atoms with Gasteiger partial charge in [0.05, 0.1) is 30.4 Å². The number of rotatable bonds is 3. The molecule has 2 heterocycles. The maximum Gasteiger partial charge on any atom is 0.275 e. The van der Waals surface area contributed by atoms with E-state index in [1.165, 1.54) is 6.20 Å². The second kappa shape index (κ2) is 7.51. The van der Waals surface area contributed by atoms with Crippen LogP contribution in [0.15, 0.2) is 54.7 Å². The summed E-state index contributed by atoms with van der Waals surface area (Å²) in [5.41, 5.74) is 2.67. The number of nitrogens with one attached hydrogen (secondary N) is 1. The number of morpholine rings is 1. The van der Waals surface area contributed by atoms with E-state index in [4.69, 9.17) is 4.74 Å². The molecule has 136 valence electrons. The Hall–Kier alpha value is -3.32. The lowest BCUT2D eigenvalue weighted by atomic mass is 10.1. The summed E-state index contributed by atoms with van der Waals surface area (Å²) in [4.78, 5) is 35.4. The van der Waals surface area contributed by atoms with E-state index < -0.39 is 0 Å². The lowest BCUT2D eigenvalue weighted by molar-refractivity contribution is 0.0303. The van der Waals surface area contributed by atoms with Crippen molar-refractivity contribution in [2.24, 2.45) is 0 Å². The van der Waals surface area contributed by atoms with E-state index in [1.54, 1.807) is 35.2 Å². The van der Waals surface area contributed by atoms with Crippen molar-refractivity contribution in [3.63, 3.8) is 0 Å². The van der Waals surface area contributed by atoms with E-state index in [2.05, 4.69) is 15.3 Å². The summed E-state index contributed by atoms with van der Waals surface area (Å²) in [7, 11) is 0. The van der Waals surface area contributed by atoms with E-state index >= 15 is 0 Å². The average Bonchev–Trinajstić information content (AvgIpc) is 2.73. The fourth-order valence-electron chi connectivity index (χ4n) is 2.94. The molecule has 7 nitrogen and oxygen atoms in total. The highest BCUT2D eigenvalue weighted by molar-refractivity contribution is 6.04. The highest BCUT2D eigenvalue weighted by atomic mass is 16.5. The molecule has 0 radical (unpaired) electrons. The van der Waals surface area contributed by atoms with Crippen molar-refractivity contribution in [3.8, 4) is 0 Å². The largest absolute Gasteiger partial charge is 0.378 e. The van der Waals surface area contributed by atoms with Gasteiger partial charge in [0.1, 0.15) is 5.69 Å². The molecule has 0 unspecified atom stereocenters. The van der Waals surface area contributed by atoms with Gasteiger partial charge in [-0.05, 0) is 30.3 Å². The number of amides is 2. The molecule has 7 heteroatoms. The second-order valence-corrected chi connectivity index (χ2v) is 6.18. The first-order valence-electron chi connectivity index (χ1n) is 8.71. The number of aromatic nitrogens is 2. The summed E-state index contributed by atoms with van der Waals surface area (Å²) in [5.74, 6) is -0.441. The number of hydrogen-bond acceptors (Lipinski definition) is 5.